The largest absolute Gasteiger partial charge is 0.486 e. The second-order valence-electron chi connectivity index (χ2n) is 6.66. The molecule has 0 bridgehead atoms. The average Bonchev–Trinajstić information content (AvgIpc) is 3.09. The number of rotatable bonds is 5. The predicted octanol–water partition coefficient (Wildman–Crippen LogP) is 1.90. The Labute approximate surface area is 146 Å². The summed E-state index contributed by atoms with van der Waals surface area (Å²) in [6, 6.07) is 5.41. The smallest absolute Gasteiger partial charge is 0.332 e. The lowest BCUT2D eigenvalue weighted by atomic mass is 9.95. The molecule has 0 aromatic heterocycles. The molecule has 1 saturated heterocycles. The van der Waals surface area contributed by atoms with Crippen molar-refractivity contribution < 1.29 is 28.9 Å². The van der Waals surface area contributed by atoms with Gasteiger partial charge in [-0.15, -0.1) is 0 Å². The third kappa shape index (κ3) is 3.87. The molecule has 2 aliphatic heterocycles. The zero-order valence-corrected chi connectivity index (χ0v) is 14.4. The molecule has 1 fully saturated rings. The van der Waals surface area contributed by atoms with Crippen molar-refractivity contribution >= 4 is 11.9 Å². The number of benzene rings is 1. The van der Waals surface area contributed by atoms with Gasteiger partial charge in [-0.05, 0) is 36.5 Å². The maximum Gasteiger partial charge on any atom is 0.332 e. The highest BCUT2D eigenvalue weighted by Gasteiger charge is 2.36. The lowest BCUT2D eigenvalue weighted by Crippen LogP contribution is -2.39. The van der Waals surface area contributed by atoms with E-state index in [1.165, 1.54) is 0 Å². The Bertz CT molecular complexity index is 659. The Balaban J connectivity index is 1.71. The number of carboxylic acids is 1. The number of carboxylic acid groups (broad SMARTS) is 1. The van der Waals surface area contributed by atoms with Gasteiger partial charge in [-0.25, -0.2) is 4.79 Å². The highest BCUT2D eigenvalue weighted by molar-refractivity contribution is 5.83. The number of nitrogens with one attached hydrogen (secondary N) is 1. The first-order chi connectivity index (χ1) is 12.0. The van der Waals surface area contributed by atoms with Gasteiger partial charge in [0.1, 0.15) is 19.3 Å². The van der Waals surface area contributed by atoms with Crippen molar-refractivity contribution in [2.45, 2.75) is 44.9 Å². The number of hydrogen-bond acceptors (Lipinski definition) is 5. The summed E-state index contributed by atoms with van der Waals surface area (Å²) in [4.78, 5) is 23.5. The number of aliphatic carboxylic acids is 1. The quantitative estimate of drug-likeness (QED) is 0.843. The molecule has 1 amide bonds. The summed E-state index contributed by atoms with van der Waals surface area (Å²) in [7, 11) is 0. The van der Waals surface area contributed by atoms with Gasteiger partial charge in [0.05, 0.1) is 6.04 Å². The van der Waals surface area contributed by atoms with Crippen LogP contribution in [0.25, 0.3) is 0 Å². The van der Waals surface area contributed by atoms with Crippen LogP contribution in [-0.4, -0.2) is 42.4 Å². The fraction of sp³-hybridized carbons (Fsp3) is 0.556. The van der Waals surface area contributed by atoms with Gasteiger partial charge >= 0.3 is 5.97 Å². The molecular weight excluding hydrogens is 326 g/mol. The fourth-order valence-corrected chi connectivity index (χ4v) is 3.15. The summed E-state index contributed by atoms with van der Waals surface area (Å²) < 4.78 is 16.5. The summed E-state index contributed by atoms with van der Waals surface area (Å²) in [6.45, 7) is 5.05. The molecule has 1 aromatic rings. The molecule has 1 aromatic carbocycles. The second kappa shape index (κ2) is 7.31. The number of carbonyl (C=O) groups excluding carboxylic acids is 1. The van der Waals surface area contributed by atoms with Crippen LogP contribution in [0.4, 0.5) is 0 Å². The number of carbonyl (C=O) groups is 2. The first kappa shape index (κ1) is 17.5. The Morgan fingerprint density at radius 3 is 2.44 bits per heavy atom. The number of fused-ring (bicyclic) bond motifs is 1. The second-order valence-corrected chi connectivity index (χ2v) is 6.66. The monoisotopic (exact) mass is 349 g/mol. The summed E-state index contributed by atoms with van der Waals surface area (Å²) in [5, 5.41) is 12.0. The van der Waals surface area contributed by atoms with Gasteiger partial charge < -0.3 is 24.6 Å². The number of amides is 1. The minimum Gasteiger partial charge on any atom is -0.486 e. The van der Waals surface area contributed by atoms with E-state index in [2.05, 4.69) is 5.32 Å². The summed E-state index contributed by atoms with van der Waals surface area (Å²) in [5.41, 5.74) is 0.917. The topological polar surface area (TPSA) is 94.1 Å². The van der Waals surface area contributed by atoms with E-state index in [1.54, 1.807) is 0 Å². The Morgan fingerprint density at radius 2 is 1.80 bits per heavy atom. The van der Waals surface area contributed by atoms with Crippen LogP contribution >= 0.6 is 0 Å². The maximum absolute atomic E-state index is 12.5. The van der Waals surface area contributed by atoms with Gasteiger partial charge in [0, 0.05) is 0 Å². The van der Waals surface area contributed by atoms with Crippen LogP contribution in [0, 0.1) is 5.92 Å². The van der Waals surface area contributed by atoms with E-state index in [0.717, 1.165) is 5.56 Å². The molecule has 0 aliphatic carbocycles. The fourth-order valence-electron chi connectivity index (χ4n) is 3.15. The molecule has 25 heavy (non-hydrogen) atoms. The molecular formula is C18H23NO6. The number of ether oxygens (including phenoxy) is 3. The van der Waals surface area contributed by atoms with E-state index < -0.39 is 18.2 Å². The van der Waals surface area contributed by atoms with E-state index in [0.29, 0.717) is 37.6 Å². The van der Waals surface area contributed by atoms with Crippen LogP contribution in [0.5, 0.6) is 11.5 Å². The molecule has 3 atom stereocenters. The Kier molecular flexibility index (Phi) is 5.13. The molecule has 1 unspecified atom stereocenters. The molecule has 3 rings (SSSR count). The lowest BCUT2D eigenvalue weighted by molar-refractivity contribution is -0.152. The Morgan fingerprint density at radius 1 is 1.12 bits per heavy atom. The third-order valence-corrected chi connectivity index (χ3v) is 4.48. The standard InChI is InChI=1S/C18H23NO6/c1-10(2)16(11-3-4-12-15(9-11)24-8-7-23-12)19-17(20)13-5-6-14(25-13)18(21)22/h3-4,9-10,13-14,16H,5-8H2,1-2H3,(H,19,20)(H,21,22)/t13-,14+,16?/m0/s1. The van der Waals surface area contributed by atoms with Crippen molar-refractivity contribution in [2.75, 3.05) is 13.2 Å². The molecule has 2 heterocycles. The van der Waals surface area contributed by atoms with Crippen molar-refractivity contribution in [1.29, 1.82) is 0 Å². The van der Waals surface area contributed by atoms with Gasteiger partial charge in [-0.2, -0.15) is 0 Å². The average molecular weight is 349 g/mol. The lowest BCUT2D eigenvalue weighted by Gasteiger charge is -2.26. The number of hydrogen-bond donors (Lipinski definition) is 2. The zero-order chi connectivity index (χ0) is 18.0. The minimum absolute atomic E-state index is 0.142. The molecule has 7 heteroatoms. The van der Waals surface area contributed by atoms with Crippen molar-refractivity contribution in [3.8, 4) is 11.5 Å². The summed E-state index contributed by atoms with van der Waals surface area (Å²) >= 11 is 0. The van der Waals surface area contributed by atoms with Crippen molar-refractivity contribution in [1.82, 2.24) is 5.32 Å². The van der Waals surface area contributed by atoms with Crippen molar-refractivity contribution in [3.63, 3.8) is 0 Å². The molecule has 0 spiro atoms. The zero-order valence-electron chi connectivity index (χ0n) is 14.4. The van der Waals surface area contributed by atoms with E-state index in [4.69, 9.17) is 19.3 Å². The van der Waals surface area contributed by atoms with Crippen molar-refractivity contribution in [3.05, 3.63) is 23.8 Å². The van der Waals surface area contributed by atoms with E-state index in [9.17, 15) is 9.59 Å². The molecule has 2 N–H and O–H groups in total. The maximum atomic E-state index is 12.5. The molecule has 7 nitrogen and oxygen atoms in total. The van der Waals surface area contributed by atoms with Gasteiger partial charge in [-0.1, -0.05) is 19.9 Å². The highest BCUT2D eigenvalue weighted by Crippen LogP contribution is 2.34. The summed E-state index contributed by atoms with van der Waals surface area (Å²) in [6.07, 6.45) is -0.861. The van der Waals surface area contributed by atoms with Crippen LogP contribution in [0.2, 0.25) is 0 Å². The van der Waals surface area contributed by atoms with Crippen LogP contribution in [0.3, 0.4) is 0 Å². The van der Waals surface area contributed by atoms with Gasteiger partial charge in [0.25, 0.3) is 0 Å². The Hall–Kier alpha value is -2.28. The van der Waals surface area contributed by atoms with Crippen molar-refractivity contribution in [2.24, 2.45) is 5.92 Å². The first-order valence-electron chi connectivity index (χ1n) is 8.54. The molecule has 2 aliphatic rings. The predicted molar refractivity (Wildman–Crippen MR) is 88.7 cm³/mol. The van der Waals surface area contributed by atoms with Gasteiger partial charge in [0.2, 0.25) is 5.91 Å². The van der Waals surface area contributed by atoms with Gasteiger partial charge in [0.15, 0.2) is 17.6 Å². The van der Waals surface area contributed by atoms with E-state index in [-0.39, 0.29) is 17.9 Å². The normalized spacial score (nSPS) is 23.3. The minimum atomic E-state index is -1.03. The van der Waals surface area contributed by atoms with Crippen LogP contribution in [0.15, 0.2) is 18.2 Å². The third-order valence-electron chi connectivity index (χ3n) is 4.48. The first-order valence-corrected chi connectivity index (χ1v) is 8.54. The SMILES string of the molecule is CC(C)C(NC(=O)[C@@H]1CC[C@H](C(=O)O)O1)c1ccc2c(c1)OCCO2. The molecule has 0 radical (unpaired) electrons. The van der Waals surface area contributed by atoms with Crippen LogP contribution in [-0.2, 0) is 14.3 Å². The summed E-state index contributed by atoms with van der Waals surface area (Å²) in [5.74, 6) is 0.210. The molecule has 0 saturated carbocycles. The van der Waals surface area contributed by atoms with E-state index in [1.807, 2.05) is 32.0 Å². The highest BCUT2D eigenvalue weighted by atomic mass is 16.6. The van der Waals surface area contributed by atoms with Crippen LogP contribution in [0.1, 0.15) is 38.3 Å². The van der Waals surface area contributed by atoms with Gasteiger partial charge in [-0.3, -0.25) is 4.79 Å². The van der Waals surface area contributed by atoms with Crippen LogP contribution < -0.4 is 14.8 Å². The molecule has 136 valence electrons. The van der Waals surface area contributed by atoms with E-state index >= 15 is 0 Å².